The van der Waals surface area contributed by atoms with E-state index in [2.05, 4.69) is 5.10 Å². The van der Waals surface area contributed by atoms with Crippen LogP contribution in [-0.2, 0) is 6.42 Å². The van der Waals surface area contributed by atoms with Crippen LogP contribution in [0.15, 0.2) is 30.5 Å². The average Bonchev–Trinajstić information content (AvgIpc) is 2.82. The van der Waals surface area contributed by atoms with Gasteiger partial charge in [-0.25, -0.2) is 0 Å². The van der Waals surface area contributed by atoms with Crippen LogP contribution in [0.4, 0.5) is 5.69 Å². The van der Waals surface area contributed by atoms with Crippen molar-refractivity contribution >= 4 is 11.6 Å². The lowest BCUT2D eigenvalue weighted by Crippen LogP contribution is -2.39. The van der Waals surface area contributed by atoms with Gasteiger partial charge >= 0.3 is 0 Å². The summed E-state index contributed by atoms with van der Waals surface area (Å²) in [6, 6.07) is 7.38. The Hall–Kier alpha value is -2.50. The second-order valence-corrected chi connectivity index (χ2v) is 4.37. The van der Waals surface area contributed by atoms with Gasteiger partial charge in [-0.05, 0) is 30.7 Å². The summed E-state index contributed by atoms with van der Waals surface area (Å²) in [5.41, 5.74) is 2.19. The number of carbonyl (C=O) groups is 1. The van der Waals surface area contributed by atoms with Crippen molar-refractivity contribution in [2.24, 2.45) is 0 Å². The zero-order valence-corrected chi connectivity index (χ0v) is 10.5. The molecule has 19 heavy (non-hydrogen) atoms. The fourth-order valence-corrected chi connectivity index (χ4v) is 2.29. The van der Waals surface area contributed by atoms with Gasteiger partial charge in [-0.3, -0.25) is 4.79 Å². The molecule has 0 saturated heterocycles. The molecular weight excluding hydrogens is 244 g/mol. The van der Waals surface area contributed by atoms with Crippen LogP contribution in [0.25, 0.3) is 0 Å². The van der Waals surface area contributed by atoms with E-state index in [4.69, 9.17) is 10.6 Å². The topological polar surface area (TPSA) is 73.4 Å². The van der Waals surface area contributed by atoms with E-state index in [1.807, 2.05) is 24.3 Å². The number of amides is 1. The zero-order valence-electron chi connectivity index (χ0n) is 10.5. The molecule has 0 fully saturated rings. The number of methoxy groups -OCH3 is 1. The van der Waals surface area contributed by atoms with Gasteiger partial charge in [0.15, 0.2) is 5.69 Å². The molecule has 6 nitrogen and oxygen atoms in total. The van der Waals surface area contributed by atoms with Gasteiger partial charge in [-0.2, -0.15) is 9.89 Å². The summed E-state index contributed by atoms with van der Waals surface area (Å²) in [5, 5.41) is 3.93. The molecule has 0 unspecified atom stereocenters. The molecule has 6 heteroatoms. The summed E-state index contributed by atoms with van der Waals surface area (Å²) in [6.45, 7) is 0.629. The third-order valence-corrected chi connectivity index (χ3v) is 3.31. The molecular formula is C13H14N4O2. The van der Waals surface area contributed by atoms with Gasteiger partial charge in [-0.15, -0.1) is 0 Å². The van der Waals surface area contributed by atoms with Gasteiger partial charge < -0.3 is 15.5 Å². The highest BCUT2D eigenvalue weighted by Crippen LogP contribution is 2.25. The van der Waals surface area contributed by atoms with Crippen LogP contribution < -0.4 is 15.5 Å². The van der Waals surface area contributed by atoms with E-state index in [0.717, 1.165) is 28.2 Å². The van der Waals surface area contributed by atoms with Gasteiger partial charge in [0, 0.05) is 17.8 Å². The lowest BCUT2D eigenvalue weighted by Gasteiger charge is -2.27. The quantitative estimate of drug-likeness (QED) is 0.809. The molecule has 0 saturated carbocycles. The first-order chi connectivity index (χ1) is 9.20. The molecule has 1 aromatic carbocycles. The number of ether oxygens (including phenoxy) is 1. The summed E-state index contributed by atoms with van der Waals surface area (Å²) in [6.07, 6.45) is 2.41. The van der Waals surface area contributed by atoms with Crippen molar-refractivity contribution in [2.45, 2.75) is 6.42 Å². The Bertz CT molecular complexity index is 618. The Kier molecular flexibility index (Phi) is 2.63. The van der Waals surface area contributed by atoms with Crippen LogP contribution in [0.3, 0.4) is 0 Å². The van der Waals surface area contributed by atoms with Crippen LogP contribution in [0, 0.1) is 0 Å². The van der Waals surface area contributed by atoms with Crippen molar-refractivity contribution in [1.29, 1.82) is 0 Å². The molecule has 1 aliphatic heterocycles. The monoisotopic (exact) mass is 258 g/mol. The Morgan fingerprint density at radius 3 is 2.74 bits per heavy atom. The van der Waals surface area contributed by atoms with Gasteiger partial charge in [0.05, 0.1) is 13.3 Å². The molecule has 0 aliphatic carbocycles. The average molecular weight is 258 g/mol. The molecule has 1 aliphatic rings. The number of aromatic nitrogens is 2. The van der Waals surface area contributed by atoms with Crippen LogP contribution >= 0.6 is 0 Å². The summed E-state index contributed by atoms with van der Waals surface area (Å²) >= 11 is 0. The first-order valence-electron chi connectivity index (χ1n) is 5.98. The predicted molar refractivity (Wildman–Crippen MR) is 70.8 cm³/mol. The number of nitrogens with zero attached hydrogens (tertiary/aromatic N) is 3. The first kappa shape index (κ1) is 11.6. The highest BCUT2D eigenvalue weighted by atomic mass is 16.5. The van der Waals surface area contributed by atoms with Gasteiger partial charge in [0.2, 0.25) is 0 Å². The van der Waals surface area contributed by atoms with E-state index in [1.54, 1.807) is 18.2 Å². The summed E-state index contributed by atoms with van der Waals surface area (Å²) in [4.78, 5) is 15.3. The number of anilines is 1. The Morgan fingerprint density at radius 2 is 2.05 bits per heavy atom. The van der Waals surface area contributed by atoms with Crippen molar-refractivity contribution in [3.8, 4) is 5.75 Å². The molecule has 3 rings (SSSR count). The fraction of sp³-hybridized carbons (Fsp3) is 0.231. The highest BCUT2D eigenvalue weighted by molar-refractivity contribution is 6.07. The van der Waals surface area contributed by atoms with Crippen molar-refractivity contribution in [3.63, 3.8) is 0 Å². The summed E-state index contributed by atoms with van der Waals surface area (Å²) < 4.78 is 5.11. The SMILES string of the molecule is COc1ccc(N2CCc3cnn(N)c3C2=O)cc1. The molecule has 0 spiro atoms. The predicted octanol–water partition coefficient (Wildman–Crippen LogP) is 0.808. The first-order valence-corrected chi connectivity index (χ1v) is 5.98. The van der Waals surface area contributed by atoms with Crippen LogP contribution in [0.1, 0.15) is 16.1 Å². The third-order valence-electron chi connectivity index (χ3n) is 3.31. The maximum atomic E-state index is 12.4. The van der Waals surface area contributed by atoms with Crippen molar-refractivity contribution < 1.29 is 9.53 Å². The minimum Gasteiger partial charge on any atom is -0.497 e. The van der Waals surface area contributed by atoms with Gasteiger partial charge in [-0.1, -0.05) is 0 Å². The smallest absolute Gasteiger partial charge is 0.279 e. The van der Waals surface area contributed by atoms with Crippen molar-refractivity contribution in [1.82, 2.24) is 9.89 Å². The molecule has 0 bridgehead atoms. The second-order valence-electron chi connectivity index (χ2n) is 4.37. The second kappa shape index (κ2) is 4.31. The molecule has 0 atom stereocenters. The van der Waals surface area contributed by atoms with Crippen LogP contribution in [0.2, 0.25) is 0 Å². The number of fused-ring (bicyclic) bond motifs is 1. The molecule has 2 aromatic rings. The number of rotatable bonds is 2. The minimum atomic E-state index is -0.119. The molecule has 1 amide bonds. The number of carbonyl (C=O) groups excluding carboxylic acids is 1. The van der Waals surface area contributed by atoms with Crippen LogP contribution in [-0.4, -0.2) is 29.5 Å². The molecule has 2 heterocycles. The molecule has 1 aromatic heterocycles. The number of nitrogens with two attached hydrogens (primary N) is 1. The summed E-state index contributed by atoms with van der Waals surface area (Å²) in [7, 11) is 1.61. The lowest BCUT2D eigenvalue weighted by atomic mass is 10.1. The number of nitrogen functional groups attached to an aromatic ring is 1. The maximum Gasteiger partial charge on any atom is 0.279 e. The third kappa shape index (κ3) is 1.81. The van der Waals surface area contributed by atoms with E-state index in [9.17, 15) is 4.79 Å². The fourth-order valence-electron chi connectivity index (χ4n) is 2.29. The molecule has 2 N–H and O–H groups in total. The summed E-state index contributed by atoms with van der Waals surface area (Å²) in [5.74, 6) is 6.32. The zero-order chi connectivity index (χ0) is 13.4. The van der Waals surface area contributed by atoms with Crippen molar-refractivity contribution in [2.75, 3.05) is 24.4 Å². The standard InChI is InChI=1S/C13H14N4O2/c1-19-11-4-2-10(3-5-11)16-7-6-9-8-15-17(14)12(9)13(16)18/h2-5,8H,6-7,14H2,1H3. The van der Waals surface area contributed by atoms with E-state index in [1.165, 1.54) is 0 Å². The minimum absolute atomic E-state index is 0.119. The highest BCUT2D eigenvalue weighted by Gasteiger charge is 2.29. The Morgan fingerprint density at radius 1 is 1.32 bits per heavy atom. The van der Waals surface area contributed by atoms with E-state index in [-0.39, 0.29) is 5.91 Å². The molecule has 98 valence electrons. The van der Waals surface area contributed by atoms with E-state index in [0.29, 0.717) is 12.2 Å². The number of benzene rings is 1. The lowest BCUT2D eigenvalue weighted by molar-refractivity contribution is 0.0972. The van der Waals surface area contributed by atoms with E-state index >= 15 is 0 Å². The van der Waals surface area contributed by atoms with Gasteiger partial charge in [0.25, 0.3) is 5.91 Å². The normalized spacial score (nSPS) is 14.4. The Balaban J connectivity index is 1.94. The Labute approximate surface area is 110 Å². The number of hydrogen-bond acceptors (Lipinski definition) is 4. The van der Waals surface area contributed by atoms with Crippen molar-refractivity contribution in [3.05, 3.63) is 41.7 Å². The van der Waals surface area contributed by atoms with Crippen LogP contribution in [0.5, 0.6) is 5.75 Å². The maximum absolute atomic E-state index is 12.4. The number of hydrogen-bond donors (Lipinski definition) is 1. The largest absolute Gasteiger partial charge is 0.497 e. The van der Waals surface area contributed by atoms with E-state index < -0.39 is 0 Å². The molecule has 0 radical (unpaired) electrons. The van der Waals surface area contributed by atoms with Gasteiger partial charge in [0.1, 0.15) is 5.75 Å².